The van der Waals surface area contributed by atoms with Crippen LogP contribution in [0.2, 0.25) is 0 Å². The van der Waals surface area contributed by atoms with Gasteiger partial charge in [-0.25, -0.2) is 0 Å². The van der Waals surface area contributed by atoms with E-state index in [1.54, 1.807) is 13.1 Å². The minimum absolute atomic E-state index is 0.140. The molecule has 0 amide bonds. The molecular formula is C16H19BrN2O2. The number of nitrogens with one attached hydrogen (secondary N) is 1. The van der Waals surface area contributed by atoms with E-state index in [1.165, 1.54) is 0 Å². The lowest BCUT2D eigenvalue weighted by Crippen LogP contribution is -2.07. The van der Waals surface area contributed by atoms with Crippen LogP contribution in [0.4, 0.5) is 5.69 Å². The van der Waals surface area contributed by atoms with Gasteiger partial charge in [-0.05, 0) is 44.0 Å². The van der Waals surface area contributed by atoms with Crippen LogP contribution in [-0.4, -0.2) is 15.2 Å². The van der Waals surface area contributed by atoms with E-state index in [0.29, 0.717) is 23.4 Å². The van der Waals surface area contributed by atoms with Gasteiger partial charge in [-0.15, -0.1) is 0 Å². The molecule has 5 heteroatoms. The maximum Gasteiger partial charge on any atom is 0.142 e. The Balaban J connectivity index is 2.31. The summed E-state index contributed by atoms with van der Waals surface area (Å²) < 4.78 is 1.04. The van der Waals surface area contributed by atoms with Crippen LogP contribution in [0.3, 0.4) is 0 Å². The third-order valence-electron chi connectivity index (χ3n) is 3.54. The number of aliphatic hydroxyl groups excluding tert-OH is 1. The molecule has 1 heterocycles. The summed E-state index contributed by atoms with van der Waals surface area (Å²) in [5.41, 5.74) is 5.17. The first-order valence-electron chi connectivity index (χ1n) is 6.71. The number of hydrogen-bond acceptors (Lipinski definition) is 4. The highest BCUT2D eigenvalue weighted by molar-refractivity contribution is 9.10. The Bertz CT molecular complexity index is 649. The Morgan fingerprint density at radius 1 is 1.19 bits per heavy atom. The average molecular weight is 351 g/mol. The summed E-state index contributed by atoms with van der Waals surface area (Å²) in [6.45, 7) is 6.11. The zero-order valence-electron chi connectivity index (χ0n) is 12.4. The number of halogens is 1. The number of aromatic hydroxyl groups is 1. The number of hydrogen-bond donors (Lipinski definition) is 3. The average Bonchev–Trinajstić information content (AvgIpc) is 2.42. The van der Waals surface area contributed by atoms with Gasteiger partial charge in [0.1, 0.15) is 5.75 Å². The number of pyridine rings is 1. The van der Waals surface area contributed by atoms with Gasteiger partial charge in [0.05, 0.1) is 12.3 Å². The smallest absolute Gasteiger partial charge is 0.142 e. The quantitative estimate of drug-likeness (QED) is 0.788. The fourth-order valence-electron chi connectivity index (χ4n) is 2.38. The van der Waals surface area contributed by atoms with E-state index in [-0.39, 0.29) is 12.4 Å². The number of aliphatic hydroxyl groups is 1. The second-order valence-electron chi connectivity index (χ2n) is 5.12. The Hall–Kier alpha value is -1.59. The third kappa shape index (κ3) is 3.36. The topological polar surface area (TPSA) is 65.4 Å². The molecule has 3 N–H and O–H groups in total. The number of aryl methyl sites for hydroxylation is 3. The molecule has 21 heavy (non-hydrogen) atoms. The number of aromatic nitrogens is 1. The van der Waals surface area contributed by atoms with Crippen LogP contribution in [0.25, 0.3) is 0 Å². The van der Waals surface area contributed by atoms with E-state index in [0.717, 1.165) is 21.3 Å². The highest BCUT2D eigenvalue weighted by atomic mass is 79.9. The van der Waals surface area contributed by atoms with Crippen LogP contribution in [-0.2, 0) is 13.2 Å². The Labute approximate surface area is 133 Å². The Morgan fingerprint density at radius 2 is 1.81 bits per heavy atom. The van der Waals surface area contributed by atoms with Crippen molar-refractivity contribution in [3.05, 3.63) is 50.8 Å². The van der Waals surface area contributed by atoms with Gasteiger partial charge < -0.3 is 15.5 Å². The van der Waals surface area contributed by atoms with Crippen molar-refractivity contribution in [3.8, 4) is 5.75 Å². The lowest BCUT2D eigenvalue weighted by atomic mass is 10.1. The summed E-state index contributed by atoms with van der Waals surface area (Å²) >= 11 is 3.48. The van der Waals surface area contributed by atoms with Gasteiger partial charge >= 0.3 is 0 Å². The van der Waals surface area contributed by atoms with E-state index in [1.807, 2.05) is 26.0 Å². The van der Waals surface area contributed by atoms with Crippen LogP contribution < -0.4 is 5.32 Å². The fourth-order valence-corrected chi connectivity index (χ4v) is 3.07. The van der Waals surface area contributed by atoms with Crippen LogP contribution in [0, 0.1) is 20.8 Å². The predicted octanol–water partition coefficient (Wildman–Crippen LogP) is 3.58. The van der Waals surface area contributed by atoms with Crippen LogP contribution in [0.5, 0.6) is 5.75 Å². The molecule has 0 aliphatic carbocycles. The van der Waals surface area contributed by atoms with Crippen molar-refractivity contribution in [2.45, 2.75) is 33.9 Å². The number of rotatable bonds is 4. The number of anilines is 1. The Morgan fingerprint density at radius 3 is 2.38 bits per heavy atom. The lowest BCUT2D eigenvalue weighted by Gasteiger charge is -2.16. The van der Waals surface area contributed by atoms with Crippen molar-refractivity contribution in [2.75, 3.05) is 5.32 Å². The van der Waals surface area contributed by atoms with Crippen molar-refractivity contribution in [1.82, 2.24) is 4.98 Å². The van der Waals surface area contributed by atoms with E-state index in [4.69, 9.17) is 0 Å². The zero-order valence-corrected chi connectivity index (χ0v) is 14.0. The molecule has 4 nitrogen and oxygen atoms in total. The summed E-state index contributed by atoms with van der Waals surface area (Å²) in [4.78, 5) is 4.07. The highest BCUT2D eigenvalue weighted by Crippen LogP contribution is 2.28. The molecule has 112 valence electrons. The maximum absolute atomic E-state index is 10.1. The van der Waals surface area contributed by atoms with Gasteiger partial charge in [-0.1, -0.05) is 15.9 Å². The number of nitrogens with zero attached hydrogens (tertiary/aromatic N) is 1. The summed E-state index contributed by atoms with van der Waals surface area (Å²) in [5, 5.41) is 22.9. The maximum atomic E-state index is 10.1. The first-order valence-corrected chi connectivity index (χ1v) is 7.51. The first-order chi connectivity index (χ1) is 9.93. The molecular weight excluding hydrogens is 332 g/mol. The minimum Gasteiger partial charge on any atom is -0.506 e. The second-order valence-corrected chi connectivity index (χ2v) is 6.04. The summed E-state index contributed by atoms with van der Waals surface area (Å²) in [6.07, 6.45) is 1.60. The molecule has 0 aliphatic heterocycles. The predicted molar refractivity (Wildman–Crippen MR) is 87.5 cm³/mol. The molecule has 0 saturated heterocycles. The van der Waals surface area contributed by atoms with Crippen LogP contribution >= 0.6 is 15.9 Å². The minimum atomic E-state index is -0.143. The van der Waals surface area contributed by atoms with E-state index >= 15 is 0 Å². The molecule has 0 spiro atoms. The summed E-state index contributed by atoms with van der Waals surface area (Å²) in [6, 6.07) is 4.08. The monoisotopic (exact) mass is 350 g/mol. The molecule has 0 radical (unpaired) electrons. The number of benzene rings is 1. The normalized spacial score (nSPS) is 10.7. The molecule has 2 aromatic rings. The van der Waals surface area contributed by atoms with Gasteiger partial charge in [0, 0.05) is 34.0 Å². The third-order valence-corrected chi connectivity index (χ3v) is 4.00. The molecule has 0 aliphatic rings. The van der Waals surface area contributed by atoms with Crippen molar-refractivity contribution < 1.29 is 10.2 Å². The molecule has 0 unspecified atom stereocenters. The van der Waals surface area contributed by atoms with Crippen molar-refractivity contribution in [2.24, 2.45) is 0 Å². The molecule has 0 bridgehead atoms. The van der Waals surface area contributed by atoms with Gasteiger partial charge in [0.15, 0.2) is 0 Å². The van der Waals surface area contributed by atoms with E-state index in [9.17, 15) is 10.2 Å². The van der Waals surface area contributed by atoms with Gasteiger partial charge in [-0.2, -0.15) is 0 Å². The van der Waals surface area contributed by atoms with Crippen molar-refractivity contribution in [1.29, 1.82) is 0 Å². The van der Waals surface area contributed by atoms with Crippen LogP contribution in [0.1, 0.15) is 27.9 Å². The molecule has 0 atom stereocenters. The van der Waals surface area contributed by atoms with Gasteiger partial charge in [-0.3, -0.25) is 4.98 Å². The molecule has 0 saturated carbocycles. The van der Waals surface area contributed by atoms with E-state index in [2.05, 4.69) is 26.2 Å². The standard InChI is InChI=1S/C16H19BrN2O2/c1-9-4-13(17)5-10(2)15(9)19-7-14-12(8-20)6-18-11(3)16(14)21/h4-6,19-21H,7-8H2,1-3H3. The zero-order chi connectivity index (χ0) is 15.6. The molecule has 2 rings (SSSR count). The van der Waals surface area contributed by atoms with E-state index < -0.39 is 0 Å². The van der Waals surface area contributed by atoms with Crippen molar-refractivity contribution >= 4 is 21.6 Å². The fraction of sp³-hybridized carbons (Fsp3) is 0.312. The van der Waals surface area contributed by atoms with Gasteiger partial charge in [0.25, 0.3) is 0 Å². The Kier molecular flexibility index (Phi) is 4.85. The van der Waals surface area contributed by atoms with Gasteiger partial charge in [0.2, 0.25) is 0 Å². The summed E-state index contributed by atoms with van der Waals surface area (Å²) in [7, 11) is 0. The van der Waals surface area contributed by atoms with Crippen molar-refractivity contribution in [3.63, 3.8) is 0 Å². The largest absolute Gasteiger partial charge is 0.506 e. The lowest BCUT2D eigenvalue weighted by molar-refractivity contribution is 0.279. The van der Waals surface area contributed by atoms with Crippen LogP contribution in [0.15, 0.2) is 22.8 Å². The molecule has 0 fully saturated rings. The molecule has 1 aromatic carbocycles. The SMILES string of the molecule is Cc1cc(Br)cc(C)c1NCc1c(CO)cnc(C)c1O. The highest BCUT2D eigenvalue weighted by Gasteiger charge is 2.12. The first kappa shape index (κ1) is 15.8. The molecule has 1 aromatic heterocycles. The summed E-state index contributed by atoms with van der Waals surface area (Å²) in [5.74, 6) is 0.140. The second kappa shape index (κ2) is 6.45.